The van der Waals surface area contributed by atoms with Crippen molar-refractivity contribution in [3.05, 3.63) is 42.7 Å². The van der Waals surface area contributed by atoms with Crippen molar-refractivity contribution in [2.75, 3.05) is 26.1 Å². The van der Waals surface area contributed by atoms with Gasteiger partial charge in [0.1, 0.15) is 24.4 Å². The van der Waals surface area contributed by atoms with Crippen LogP contribution in [0.25, 0.3) is 21.9 Å². The molecule has 16 heteroatoms. The number of fused-ring (bicyclic) bond motifs is 2. The van der Waals surface area contributed by atoms with Crippen LogP contribution in [0.3, 0.4) is 0 Å². The lowest BCUT2D eigenvalue weighted by molar-refractivity contribution is -0.169. The zero-order valence-electron chi connectivity index (χ0n) is 26.3. The molecule has 46 heavy (non-hydrogen) atoms. The molecule has 4 aromatic rings. The fourth-order valence-electron chi connectivity index (χ4n) is 4.90. The monoisotopic (exact) mass is 656 g/mol. The Morgan fingerprint density at radius 2 is 2.00 bits per heavy atom. The van der Waals surface area contributed by atoms with Crippen LogP contribution >= 0.6 is 8.17 Å². The van der Waals surface area contributed by atoms with Gasteiger partial charge < -0.3 is 39.8 Å². The molecule has 1 aliphatic rings. The predicted molar refractivity (Wildman–Crippen MR) is 166 cm³/mol. The van der Waals surface area contributed by atoms with Crippen LogP contribution < -0.4 is 24.6 Å². The zero-order chi connectivity index (χ0) is 33.4. The number of esters is 1. The van der Waals surface area contributed by atoms with Crippen molar-refractivity contribution < 1.29 is 43.4 Å². The summed E-state index contributed by atoms with van der Waals surface area (Å²) in [6.07, 6.45) is -2.20. The summed E-state index contributed by atoms with van der Waals surface area (Å²) in [7, 11) is -1.31. The van der Waals surface area contributed by atoms with Crippen LogP contribution in [0, 0.1) is 5.41 Å². The summed E-state index contributed by atoms with van der Waals surface area (Å²) < 4.78 is 33.9. The first kappa shape index (κ1) is 33.2. The van der Waals surface area contributed by atoms with E-state index in [1.165, 1.54) is 31.9 Å². The van der Waals surface area contributed by atoms with Crippen LogP contribution in [0.2, 0.25) is 0 Å². The third-order valence-electron chi connectivity index (χ3n) is 7.28. The summed E-state index contributed by atoms with van der Waals surface area (Å²) in [6, 6.07) is 9.59. The average Bonchev–Trinajstić information content (AvgIpc) is 3.51. The van der Waals surface area contributed by atoms with E-state index in [9.17, 15) is 19.9 Å². The van der Waals surface area contributed by atoms with E-state index < -0.39 is 44.2 Å². The van der Waals surface area contributed by atoms with E-state index in [-0.39, 0.29) is 47.6 Å². The maximum atomic E-state index is 13.0. The molecule has 1 fully saturated rings. The molecule has 0 saturated carbocycles. The Kier molecular flexibility index (Phi) is 9.34. The Labute approximate surface area is 265 Å². The van der Waals surface area contributed by atoms with Gasteiger partial charge in [-0.25, -0.2) is 9.78 Å². The number of ether oxygens (including phenoxy) is 4. The van der Waals surface area contributed by atoms with Gasteiger partial charge in [-0.1, -0.05) is 55.8 Å². The summed E-state index contributed by atoms with van der Waals surface area (Å²) in [5, 5.41) is 23.8. The lowest BCUT2D eigenvalue weighted by atomic mass is 9.96. The maximum Gasteiger partial charge on any atom is 0.395 e. The van der Waals surface area contributed by atoms with Gasteiger partial charge in [-0.2, -0.15) is 9.97 Å². The number of methoxy groups -OCH3 is 1. The number of aromatic nitrogens is 4. The van der Waals surface area contributed by atoms with Crippen molar-refractivity contribution in [2.24, 2.45) is 10.2 Å². The predicted octanol–water partition coefficient (Wildman–Crippen LogP) is 2.87. The van der Waals surface area contributed by atoms with Gasteiger partial charge in [-0.15, -0.1) is 0 Å². The first-order chi connectivity index (χ1) is 21.7. The highest BCUT2D eigenvalue weighted by Crippen LogP contribution is 2.43. The second-order valence-corrected chi connectivity index (χ2v) is 13.2. The molecule has 5 rings (SSSR count). The Morgan fingerprint density at radius 3 is 2.72 bits per heavy atom. The van der Waals surface area contributed by atoms with Crippen LogP contribution in [0.5, 0.6) is 17.4 Å². The normalized spacial score (nSPS) is 22.6. The number of nitrogens with zero attached hydrogens (tertiary/aromatic N) is 5. The van der Waals surface area contributed by atoms with Gasteiger partial charge in [0.25, 0.3) is 0 Å². The molecule has 15 nitrogen and oxygen atoms in total. The Bertz CT molecular complexity index is 1770. The van der Waals surface area contributed by atoms with Gasteiger partial charge in [0.05, 0.1) is 20.0 Å². The van der Waals surface area contributed by atoms with Crippen LogP contribution in [-0.2, 0) is 14.3 Å². The highest BCUT2D eigenvalue weighted by Gasteiger charge is 2.54. The topological polar surface area (TPSA) is 209 Å². The van der Waals surface area contributed by atoms with Crippen molar-refractivity contribution in [1.82, 2.24) is 19.5 Å². The molecule has 1 unspecified atom stereocenters. The molecular weight excluding hydrogens is 619 g/mol. The van der Waals surface area contributed by atoms with E-state index in [0.717, 1.165) is 5.39 Å². The second kappa shape index (κ2) is 12.9. The molecule has 0 spiro atoms. The third-order valence-corrected chi connectivity index (χ3v) is 8.15. The fourth-order valence-corrected chi connectivity index (χ4v) is 5.67. The second-order valence-electron chi connectivity index (χ2n) is 12.3. The van der Waals surface area contributed by atoms with Crippen molar-refractivity contribution in [3.63, 3.8) is 0 Å². The standard InChI is InChI=1S/C30H37N6O9P/c1-16(26(38)43-14-29(2,3)4)35-46(40)45-22-18-10-8-7-9-17(18)11-12-19(22)42-13-20-23(37)30(5,39)27(44-20)36-15-32-21-24(36)33-28(31)34-25(21)41-6/h7-12,15-16,20,23,27,37,39H,13-14H2,1-6H3,(H2,31,33,34)/t16-,20+,23+,27+,30+/m0/s1. The SMILES string of the molecule is COc1nc(N)nc2c1ncn2[C@@H]1O[C@H](COc2ccc3ccccc3c2O/[P+]([O-])=N/[C@@H](C)C(=O)OCC(C)(C)C)[C@@H](O)[C@@]1(C)O. The van der Waals surface area contributed by atoms with Crippen LogP contribution in [-0.4, -0.2) is 79.9 Å². The molecule has 0 aliphatic carbocycles. The summed E-state index contributed by atoms with van der Waals surface area (Å²) in [5.41, 5.74) is 4.32. The molecule has 6 atom stereocenters. The van der Waals surface area contributed by atoms with Crippen LogP contribution in [0.1, 0.15) is 40.8 Å². The van der Waals surface area contributed by atoms with E-state index in [2.05, 4.69) is 19.7 Å². The van der Waals surface area contributed by atoms with Gasteiger partial charge in [0.2, 0.25) is 17.6 Å². The minimum atomic E-state index is -2.73. The van der Waals surface area contributed by atoms with Crippen molar-refractivity contribution >= 4 is 42.0 Å². The molecule has 3 heterocycles. The average molecular weight is 657 g/mol. The number of hydrogen-bond donors (Lipinski definition) is 3. The van der Waals surface area contributed by atoms with Gasteiger partial charge >= 0.3 is 14.1 Å². The molecule has 4 N–H and O–H groups in total. The van der Waals surface area contributed by atoms with E-state index in [1.807, 2.05) is 32.9 Å². The minimum Gasteiger partial charge on any atom is -0.575 e. The Hall–Kier alpha value is -4.14. The number of carbonyl (C=O) groups excluding carboxylic acids is 1. The number of imidazole rings is 1. The lowest BCUT2D eigenvalue weighted by Crippen LogP contribution is -2.44. The van der Waals surface area contributed by atoms with Gasteiger partial charge in [0, 0.05) is 5.39 Å². The Morgan fingerprint density at radius 1 is 1.26 bits per heavy atom. The van der Waals surface area contributed by atoms with E-state index >= 15 is 0 Å². The molecule has 2 aromatic carbocycles. The van der Waals surface area contributed by atoms with Crippen LogP contribution in [0.15, 0.2) is 47.5 Å². The molecule has 2 aromatic heterocycles. The van der Waals surface area contributed by atoms with Crippen molar-refractivity contribution in [2.45, 2.75) is 64.7 Å². The summed E-state index contributed by atoms with van der Waals surface area (Å²) in [5.74, 6) is -0.256. The number of rotatable bonds is 10. The number of aliphatic hydroxyl groups is 2. The number of hydrogen-bond acceptors (Lipinski definition) is 14. The first-order valence-electron chi connectivity index (χ1n) is 14.5. The number of anilines is 1. The van der Waals surface area contributed by atoms with Gasteiger partial charge in [-0.3, -0.25) is 9.09 Å². The molecule has 1 aliphatic heterocycles. The van der Waals surface area contributed by atoms with Crippen molar-refractivity contribution in [1.29, 1.82) is 0 Å². The smallest absolute Gasteiger partial charge is 0.395 e. The van der Waals surface area contributed by atoms with Crippen molar-refractivity contribution in [3.8, 4) is 17.4 Å². The zero-order valence-corrected chi connectivity index (χ0v) is 27.2. The minimum absolute atomic E-state index is 0.0748. The first-order valence-corrected chi connectivity index (χ1v) is 15.6. The lowest BCUT2D eigenvalue weighted by Gasteiger charge is -2.27. The molecule has 1 saturated heterocycles. The highest BCUT2D eigenvalue weighted by molar-refractivity contribution is 7.34. The molecule has 0 radical (unpaired) electrons. The van der Waals surface area contributed by atoms with Gasteiger partial charge in [0.15, 0.2) is 29.2 Å². The molecule has 0 amide bonds. The number of nitrogen functional groups attached to an aromatic ring is 1. The third kappa shape index (κ3) is 6.83. The fraction of sp³-hybridized carbons (Fsp3) is 0.467. The van der Waals surface area contributed by atoms with E-state index in [1.54, 1.807) is 24.3 Å². The van der Waals surface area contributed by atoms with Crippen LogP contribution in [0.4, 0.5) is 5.95 Å². The highest BCUT2D eigenvalue weighted by atomic mass is 31.1. The van der Waals surface area contributed by atoms with E-state index in [0.29, 0.717) is 10.9 Å². The maximum absolute atomic E-state index is 13.0. The summed E-state index contributed by atoms with van der Waals surface area (Å²) in [6.45, 7) is 8.61. The molecule has 0 bridgehead atoms. The van der Waals surface area contributed by atoms with Gasteiger partial charge in [-0.05, 0) is 30.7 Å². The number of nitrogens with two attached hydrogens (primary N) is 1. The summed E-state index contributed by atoms with van der Waals surface area (Å²) >= 11 is 0. The Balaban J connectivity index is 1.37. The molecular formula is C30H37N6O9P. The quantitative estimate of drug-likeness (QED) is 0.166. The number of aliphatic hydroxyl groups excluding tert-OH is 1. The largest absolute Gasteiger partial charge is 0.575 e. The number of carbonyl (C=O) groups is 1. The molecule has 246 valence electrons. The summed E-state index contributed by atoms with van der Waals surface area (Å²) in [4.78, 5) is 38.0. The number of benzene rings is 2. The van der Waals surface area contributed by atoms with E-state index in [4.69, 9.17) is 29.2 Å².